The average Bonchev–Trinajstić information content (AvgIpc) is 3.38. The topological polar surface area (TPSA) is 109 Å². The first-order valence-corrected chi connectivity index (χ1v) is 14.5. The minimum Gasteiger partial charge on any atom is -0.282 e. The summed E-state index contributed by atoms with van der Waals surface area (Å²) in [5.41, 5.74) is 0. The van der Waals surface area contributed by atoms with Gasteiger partial charge in [0, 0.05) is 20.2 Å². The second-order valence-electron chi connectivity index (χ2n) is 7.79. The first-order valence-electron chi connectivity index (χ1n) is 9.98. The molecule has 6 rings (SSSR count). The van der Waals surface area contributed by atoms with Gasteiger partial charge in [-0.3, -0.25) is 9.11 Å². The molecule has 0 amide bonds. The minimum atomic E-state index is -4.76. The Bertz CT molecular complexity index is 2020. The van der Waals surface area contributed by atoms with E-state index in [2.05, 4.69) is 0 Å². The van der Waals surface area contributed by atoms with E-state index in [1.807, 2.05) is 42.5 Å². The third kappa shape index (κ3) is 3.18. The van der Waals surface area contributed by atoms with Crippen LogP contribution in [-0.2, 0) is 20.2 Å². The molecule has 0 aliphatic heterocycles. The summed E-state index contributed by atoms with van der Waals surface area (Å²) in [5.74, 6) is 0. The molecule has 0 fully saturated rings. The van der Waals surface area contributed by atoms with Gasteiger partial charge in [0.25, 0.3) is 20.2 Å². The van der Waals surface area contributed by atoms with Gasteiger partial charge in [0.1, 0.15) is 9.79 Å². The van der Waals surface area contributed by atoms with E-state index in [1.165, 1.54) is 0 Å². The molecule has 170 valence electrons. The lowest BCUT2D eigenvalue weighted by atomic mass is 10.1. The van der Waals surface area contributed by atoms with E-state index >= 15 is 0 Å². The van der Waals surface area contributed by atoms with Crippen LogP contribution in [-0.4, -0.2) is 25.9 Å². The second kappa shape index (κ2) is 7.32. The Labute approximate surface area is 202 Å². The van der Waals surface area contributed by atoms with Crippen LogP contribution in [0.4, 0.5) is 0 Å². The molecule has 0 spiro atoms. The summed E-state index contributed by atoms with van der Waals surface area (Å²) in [6, 6.07) is 21.5. The standard InChI is InChI=1S/C24H14O6S4/c25-33(26,27)23-17-11-9-14-6-2-4-8-16(14)20(17)32-21(23)22-24(34(28,29)30)19-15-7-3-1-5-13(15)10-12-18(19)31-22/h1-12H,(H,25,26,27)(H,28,29,30). The molecular formula is C24H14O6S4. The summed E-state index contributed by atoms with van der Waals surface area (Å²) in [4.78, 5) is -0.567. The van der Waals surface area contributed by atoms with Gasteiger partial charge in [-0.2, -0.15) is 16.8 Å². The molecule has 6 aromatic rings. The number of hydrogen-bond acceptors (Lipinski definition) is 6. The molecule has 0 aliphatic carbocycles. The molecule has 0 unspecified atom stereocenters. The Morgan fingerprint density at radius 1 is 0.559 bits per heavy atom. The van der Waals surface area contributed by atoms with E-state index < -0.39 is 20.2 Å². The molecular weight excluding hydrogens is 513 g/mol. The maximum atomic E-state index is 12.7. The fourth-order valence-electron chi connectivity index (χ4n) is 4.44. The van der Waals surface area contributed by atoms with Crippen molar-refractivity contribution < 1.29 is 25.9 Å². The lowest BCUT2D eigenvalue weighted by Gasteiger charge is -2.04. The number of fused-ring (bicyclic) bond motifs is 6. The molecule has 4 aromatic carbocycles. The first-order chi connectivity index (χ1) is 16.1. The zero-order chi connectivity index (χ0) is 23.8. The molecule has 0 bridgehead atoms. The van der Waals surface area contributed by atoms with Crippen molar-refractivity contribution in [1.82, 2.24) is 0 Å². The van der Waals surface area contributed by atoms with Crippen molar-refractivity contribution >= 4 is 84.6 Å². The fraction of sp³-hybridized carbons (Fsp3) is 0. The maximum absolute atomic E-state index is 12.7. The van der Waals surface area contributed by atoms with Gasteiger partial charge in [0.2, 0.25) is 0 Å². The highest BCUT2D eigenvalue weighted by Crippen LogP contribution is 2.51. The van der Waals surface area contributed by atoms with Crippen LogP contribution in [0, 0.1) is 0 Å². The third-order valence-electron chi connectivity index (χ3n) is 5.79. The predicted octanol–water partition coefficient (Wildman–Crippen LogP) is 6.58. The van der Waals surface area contributed by atoms with E-state index in [1.54, 1.807) is 30.3 Å². The first kappa shape index (κ1) is 21.7. The van der Waals surface area contributed by atoms with Gasteiger partial charge < -0.3 is 0 Å². The normalized spacial score (nSPS) is 12.9. The smallest absolute Gasteiger partial charge is 0.282 e. The second-order valence-corrected chi connectivity index (χ2v) is 12.6. The number of rotatable bonds is 3. The van der Waals surface area contributed by atoms with Gasteiger partial charge in [-0.25, -0.2) is 0 Å². The lowest BCUT2D eigenvalue weighted by Crippen LogP contribution is -2.02. The molecule has 0 atom stereocenters. The summed E-state index contributed by atoms with van der Waals surface area (Å²) in [6.45, 7) is 0. The van der Waals surface area contributed by atoms with Crippen molar-refractivity contribution in [3.63, 3.8) is 0 Å². The van der Waals surface area contributed by atoms with Crippen molar-refractivity contribution in [1.29, 1.82) is 0 Å². The molecule has 10 heteroatoms. The summed E-state index contributed by atoms with van der Waals surface area (Å²) < 4.78 is 72.2. The molecule has 2 N–H and O–H groups in total. The Hall–Kier alpha value is -2.86. The Balaban J connectivity index is 1.85. The van der Waals surface area contributed by atoms with Crippen molar-refractivity contribution in [3.8, 4) is 9.75 Å². The lowest BCUT2D eigenvalue weighted by molar-refractivity contribution is 0.481. The molecule has 2 heterocycles. The molecule has 0 saturated heterocycles. The molecule has 0 radical (unpaired) electrons. The Kier molecular flexibility index (Phi) is 4.66. The van der Waals surface area contributed by atoms with Crippen LogP contribution >= 0.6 is 22.7 Å². The van der Waals surface area contributed by atoms with Crippen molar-refractivity contribution in [2.24, 2.45) is 0 Å². The van der Waals surface area contributed by atoms with Gasteiger partial charge in [-0.05, 0) is 27.6 Å². The highest BCUT2D eigenvalue weighted by atomic mass is 32.2. The summed E-state index contributed by atoms with van der Waals surface area (Å²) in [5, 5.41) is 3.67. The van der Waals surface area contributed by atoms with Crippen LogP contribution in [0.15, 0.2) is 82.6 Å². The van der Waals surface area contributed by atoms with Crippen LogP contribution < -0.4 is 0 Å². The van der Waals surface area contributed by atoms with Crippen molar-refractivity contribution in [2.75, 3.05) is 0 Å². The van der Waals surface area contributed by atoms with Crippen LogP contribution in [0.3, 0.4) is 0 Å². The summed E-state index contributed by atoms with van der Waals surface area (Å²) >= 11 is 2.15. The molecule has 34 heavy (non-hydrogen) atoms. The van der Waals surface area contributed by atoms with E-state index in [4.69, 9.17) is 0 Å². The zero-order valence-corrected chi connectivity index (χ0v) is 20.4. The summed E-state index contributed by atoms with van der Waals surface area (Å²) in [6.07, 6.45) is 0. The molecule has 0 saturated carbocycles. The van der Waals surface area contributed by atoms with E-state index in [0.717, 1.165) is 38.8 Å². The Morgan fingerprint density at radius 3 is 1.79 bits per heavy atom. The Morgan fingerprint density at radius 2 is 1.12 bits per heavy atom. The third-order valence-corrected chi connectivity index (χ3v) is 10.5. The van der Waals surface area contributed by atoms with E-state index in [0.29, 0.717) is 25.6 Å². The van der Waals surface area contributed by atoms with Crippen LogP contribution in [0.25, 0.3) is 51.5 Å². The summed E-state index contributed by atoms with van der Waals surface area (Å²) in [7, 11) is -9.49. The largest absolute Gasteiger partial charge is 0.296 e. The quantitative estimate of drug-likeness (QED) is 0.252. The average molecular weight is 527 g/mol. The fourth-order valence-corrected chi connectivity index (χ4v) is 9.67. The van der Waals surface area contributed by atoms with Gasteiger partial charge in [0.05, 0.1) is 9.75 Å². The van der Waals surface area contributed by atoms with Crippen molar-refractivity contribution in [2.45, 2.75) is 9.79 Å². The number of benzene rings is 4. The van der Waals surface area contributed by atoms with E-state index in [9.17, 15) is 25.9 Å². The van der Waals surface area contributed by atoms with E-state index in [-0.39, 0.29) is 19.5 Å². The molecule has 0 aliphatic rings. The predicted molar refractivity (Wildman–Crippen MR) is 137 cm³/mol. The van der Waals surface area contributed by atoms with Gasteiger partial charge >= 0.3 is 0 Å². The molecule has 6 nitrogen and oxygen atoms in total. The highest BCUT2D eigenvalue weighted by Gasteiger charge is 2.32. The molecule has 2 aromatic heterocycles. The number of hydrogen-bond donors (Lipinski definition) is 2. The van der Waals surface area contributed by atoms with Crippen LogP contribution in [0.5, 0.6) is 0 Å². The minimum absolute atomic E-state index is 0.0757. The zero-order valence-electron chi connectivity index (χ0n) is 17.1. The van der Waals surface area contributed by atoms with Gasteiger partial charge in [-0.1, -0.05) is 66.7 Å². The number of thiophene rings is 2. The van der Waals surface area contributed by atoms with Gasteiger partial charge in [-0.15, -0.1) is 22.7 Å². The van der Waals surface area contributed by atoms with Crippen LogP contribution in [0.2, 0.25) is 0 Å². The van der Waals surface area contributed by atoms with Crippen LogP contribution in [0.1, 0.15) is 0 Å². The maximum Gasteiger partial charge on any atom is 0.296 e. The van der Waals surface area contributed by atoms with Gasteiger partial charge in [0.15, 0.2) is 0 Å². The monoisotopic (exact) mass is 526 g/mol. The van der Waals surface area contributed by atoms with Crippen molar-refractivity contribution in [3.05, 3.63) is 72.8 Å². The SMILES string of the molecule is O=S(=O)(O)c1c(-c2sc3ccc4ccccc4c3c2S(=O)(=O)O)sc2c1ccc1ccccc12. The highest BCUT2D eigenvalue weighted by molar-refractivity contribution is 7.87.